The summed E-state index contributed by atoms with van der Waals surface area (Å²) in [6.45, 7) is 12.4. The van der Waals surface area contributed by atoms with Crippen molar-refractivity contribution < 1.29 is 35.4 Å². The van der Waals surface area contributed by atoms with Crippen molar-refractivity contribution in [2.45, 2.75) is 207 Å². The molecular formula is C46H85MgN2O6-. The molecule has 318 valence electrons. The summed E-state index contributed by atoms with van der Waals surface area (Å²) in [6.07, 6.45) is 50.0. The number of carboxylic acid groups (broad SMARTS) is 3. The molecule has 0 rings (SSSR count). The van der Waals surface area contributed by atoms with Crippen LogP contribution in [0.2, 0.25) is 0 Å². The van der Waals surface area contributed by atoms with Crippen LogP contribution >= 0.6 is 0 Å². The van der Waals surface area contributed by atoms with Crippen LogP contribution in [0.3, 0.4) is 0 Å². The first kappa shape index (κ1) is 62.3. The number of nitrogens with one attached hydrogen (secondary N) is 1. The minimum atomic E-state index is -1.32. The molecule has 0 spiro atoms. The van der Waals surface area contributed by atoms with E-state index in [1.807, 2.05) is 0 Å². The van der Waals surface area contributed by atoms with E-state index < -0.39 is 29.9 Å². The maximum Gasteiger partial charge on any atom is 2.00 e. The SMILES string of the molecule is CCCCC/C=C\C/C=C\CCCCCCCC.CCCCC/C=C\C/C=C\CCCCCCCC(=O)[O-].C[C@H]([NH-])C(=O)[O-].[CH2-][C@@H](CCCC[NH3+])C(=O)O.[Mg+2]. The predicted octanol–water partition coefficient (Wildman–Crippen LogP) is 10.1. The van der Waals surface area contributed by atoms with E-state index in [9.17, 15) is 24.6 Å². The Morgan fingerprint density at radius 1 is 0.600 bits per heavy atom. The minimum Gasteiger partial charge on any atom is -0.670 e. The number of aliphatic carboxylic acids is 3. The van der Waals surface area contributed by atoms with E-state index in [1.165, 1.54) is 116 Å². The van der Waals surface area contributed by atoms with Gasteiger partial charge < -0.3 is 43.3 Å². The normalized spacial score (nSPS) is 12.0. The van der Waals surface area contributed by atoms with Crippen molar-refractivity contribution in [1.29, 1.82) is 0 Å². The zero-order chi connectivity index (χ0) is 41.3. The van der Waals surface area contributed by atoms with Gasteiger partial charge in [-0.2, -0.15) is 0 Å². The summed E-state index contributed by atoms with van der Waals surface area (Å²) in [6, 6.07) is -1.09. The van der Waals surface area contributed by atoms with Crippen molar-refractivity contribution in [2.75, 3.05) is 6.54 Å². The fraction of sp³-hybridized carbons (Fsp3) is 0.739. The Labute approximate surface area is 355 Å². The zero-order valence-corrected chi connectivity index (χ0v) is 37.6. The van der Waals surface area contributed by atoms with Crippen LogP contribution in [-0.2, 0) is 14.4 Å². The molecule has 0 aromatic rings. The molecule has 0 aromatic carbocycles. The molecule has 55 heavy (non-hydrogen) atoms. The van der Waals surface area contributed by atoms with Crippen LogP contribution in [0, 0.1) is 12.8 Å². The first-order valence-electron chi connectivity index (χ1n) is 21.6. The van der Waals surface area contributed by atoms with Gasteiger partial charge in [0.15, 0.2) is 0 Å². The van der Waals surface area contributed by atoms with Crippen molar-refractivity contribution in [3.05, 3.63) is 61.3 Å². The number of unbranched alkanes of at least 4 members (excludes halogenated alkanes) is 18. The van der Waals surface area contributed by atoms with E-state index in [-0.39, 0.29) is 29.5 Å². The van der Waals surface area contributed by atoms with Crippen molar-refractivity contribution in [1.82, 2.24) is 0 Å². The summed E-state index contributed by atoms with van der Waals surface area (Å²) < 4.78 is 0. The Balaban J connectivity index is -0.000000217. The molecule has 0 heterocycles. The minimum absolute atomic E-state index is 0. The molecule has 9 heteroatoms. The van der Waals surface area contributed by atoms with Crippen molar-refractivity contribution in [3.8, 4) is 0 Å². The average molecular weight is 786 g/mol. The summed E-state index contributed by atoms with van der Waals surface area (Å²) in [4.78, 5) is 29.8. The number of allylic oxidation sites excluding steroid dienone is 8. The van der Waals surface area contributed by atoms with Gasteiger partial charge in [-0.3, -0.25) is 4.79 Å². The van der Waals surface area contributed by atoms with Crippen LogP contribution in [0.4, 0.5) is 0 Å². The number of hydrogen-bond acceptors (Lipinski definition) is 5. The first-order chi connectivity index (χ1) is 26.0. The van der Waals surface area contributed by atoms with Crippen LogP contribution in [0.1, 0.15) is 201 Å². The summed E-state index contributed by atoms with van der Waals surface area (Å²) >= 11 is 0. The molecule has 0 saturated carbocycles. The molecule has 2 atom stereocenters. The van der Waals surface area contributed by atoms with Gasteiger partial charge in [-0.25, -0.2) is 0 Å². The molecule has 8 nitrogen and oxygen atoms in total. The molecule has 0 radical (unpaired) electrons. The van der Waals surface area contributed by atoms with E-state index in [0.717, 1.165) is 57.9 Å². The smallest absolute Gasteiger partial charge is 0.670 e. The Morgan fingerprint density at radius 2 is 0.927 bits per heavy atom. The number of hydrogen-bond donors (Lipinski definition) is 2. The largest absolute Gasteiger partial charge is 2.00 e. The number of carbonyl (C=O) groups is 3. The molecule has 0 aliphatic carbocycles. The maximum absolute atomic E-state index is 10.2. The van der Waals surface area contributed by atoms with Gasteiger partial charge in [-0.15, -0.1) is 6.04 Å². The quantitative estimate of drug-likeness (QED) is 0.0290. The number of quaternary nitrogens is 1. The van der Waals surface area contributed by atoms with Gasteiger partial charge in [0.2, 0.25) is 0 Å². The Bertz CT molecular complexity index is 905. The maximum atomic E-state index is 10.2. The molecule has 0 bridgehead atoms. The van der Waals surface area contributed by atoms with Crippen LogP contribution in [0.25, 0.3) is 5.73 Å². The van der Waals surface area contributed by atoms with E-state index in [4.69, 9.17) is 10.8 Å². The van der Waals surface area contributed by atoms with E-state index in [2.05, 4.69) is 82.0 Å². The molecule has 0 aromatic heterocycles. The second-order valence-corrected chi connectivity index (χ2v) is 14.0. The van der Waals surface area contributed by atoms with Crippen molar-refractivity contribution in [3.63, 3.8) is 0 Å². The van der Waals surface area contributed by atoms with Gasteiger partial charge in [-0.05, 0) is 89.9 Å². The molecule has 5 N–H and O–H groups in total. The van der Waals surface area contributed by atoms with Gasteiger partial charge in [0, 0.05) is 11.9 Å². The Kier molecular flexibility index (Phi) is 63.8. The number of carbonyl (C=O) groups excluding carboxylic acids is 2. The molecule has 0 fully saturated rings. The van der Waals surface area contributed by atoms with Gasteiger partial charge in [0.1, 0.15) is 0 Å². The molecule has 0 amide bonds. The molecular weight excluding hydrogens is 701 g/mol. The van der Waals surface area contributed by atoms with E-state index >= 15 is 0 Å². The average Bonchev–Trinajstić information content (AvgIpc) is 3.14. The molecule has 0 saturated heterocycles. The number of carboxylic acids is 3. The van der Waals surface area contributed by atoms with Gasteiger partial charge in [0.05, 0.1) is 6.54 Å². The first-order valence-corrected chi connectivity index (χ1v) is 21.6. The van der Waals surface area contributed by atoms with Gasteiger partial charge in [-0.1, -0.05) is 166 Å². The molecule has 0 aliphatic heterocycles. The molecule has 0 aliphatic rings. The van der Waals surface area contributed by atoms with Crippen molar-refractivity contribution >= 4 is 41.0 Å². The summed E-state index contributed by atoms with van der Waals surface area (Å²) in [5.41, 5.74) is 10.0. The third-order valence-electron chi connectivity index (χ3n) is 8.39. The Hall–Kier alpha value is -1.94. The van der Waals surface area contributed by atoms with Crippen LogP contribution < -0.4 is 15.9 Å². The van der Waals surface area contributed by atoms with Crippen LogP contribution in [0.5, 0.6) is 0 Å². The third kappa shape index (κ3) is 70.4. The topological polar surface area (TPSA) is 169 Å². The fourth-order valence-corrected chi connectivity index (χ4v) is 4.83. The number of rotatable bonds is 33. The predicted molar refractivity (Wildman–Crippen MR) is 232 cm³/mol. The standard InChI is InChI=1S/C18H32O2.C18H34.C7H14NO2.C3H6NO2.Mg/c1-2-3-4-5-6-7-8-9-10-11-12-13-14-15-16-17-18(19)20;1-3-5-7-9-11-13-15-17-18-16-14-12-10-8-6-4-2;1-6(7(9)10)4-2-3-5-8;1-2(4)3(5)6;/h6-7,9-10H,2-5,8,11-17H2,1H3,(H,19,20);11,13,17-18H,3-10,12,14-16H2,1-2H3;6H,1-5,8H2,(H,9,10);2,4H,1H3,(H,5,6);/q;;2*-1;+2/p-1/b7-6-,10-9-;13-11-,18-17-;;;/t;;6-;2-;/m..00./s1. The van der Waals surface area contributed by atoms with E-state index in [0.29, 0.717) is 6.42 Å². The Morgan fingerprint density at radius 3 is 1.25 bits per heavy atom. The van der Waals surface area contributed by atoms with Crippen LogP contribution in [0.15, 0.2) is 48.6 Å². The van der Waals surface area contributed by atoms with Gasteiger partial charge in [0.25, 0.3) is 5.97 Å². The summed E-state index contributed by atoms with van der Waals surface area (Å²) in [7, 11) is 0. The molecule has 0 unspecified atom stereocenters. The summed E-state index contributed by atoms with van der Waals surface area (Å²) in [5, 5.41) is 28.0. The van der Waals surface area contributed by atoms with E-state index in [1.54, 1.807) is 0 Å². The second-order valence-electron chi connectivity index (χ2n) is 14.0. The summed E-state index contributed by atoms with van der Waals surface area (Å²) in [5.74, 6) is -3.48. The zero-order valence-electron chi connectivity index (χ0n) is 36.2. The third-order valence-corrected chi connectivity index (χ3v) is 8.39. The van der Waals surface area contributed by atoms with Crippen molar-refractivity contribution in [2.24, 2.45) is 5.92 Å². The monoisotopic (exact) mass is 786 g/mol. The fourth-order valence-electron chi connectivity index (χ4n) is 4.83. The van der Waals surface area contributed by atoms with Crippen LogP contribution in [-0.4, -0.2) is 58.7 Å². The van der Waals surface area contributed by atoms with Gasteiger partial charge >= 0.3 is 23.1 Å². The second kappa shape index (κ2) is 56.4.